The van der Waals surface area contributed by atoms with E-state index in [2.05, 4.69) is 0 Å². The van der Waals surface area contributed by atoms with Gasteiger partial charge in [-0.05, 0) is 18.4 Å². The van der Waals surface area contributed by atoms with Crippen molar-refractivity contribution in [3.05, 3.63) is 17.5 Å². The molecule has 1 aromatic heterocycles. The first-order valence-corrected chi connectivity index (χ1v) is 6.44. The molecule has 0 radical (unpaired) electrons. The molecule has 4 nitrogen and oxygen atoms in total. The second kappa shape index (κ2) is 4.39. The van der Waals surface area contributed by atoms with Crippen LogP contribution in [0.15, 0.2) is 21.7 Å². The van der Waals surface area contributed by atoms with Crippen LogP contribution in [-0.4, -0.2) is 37.5 Å². The minimum Gasteiger partial charge on any atom is -0.395 e. The molecule has 1 heterocycles. The van der Waals surface area contributed by atoms with E-state index in [4.69, 9.17) is 5.11 Å². The van der Waals surface area contributed by atoms with Gasteiger partial charge in [0.15, 0.2) is 0 Å². The van der Waals surface area contributed by atoms with Gasteiger partial charge in [-0.1, -0.05) is 6.07 Å². The summed E-state index contributed by atoms with van der Waals surface area (Å²) < 4.78 is 25.1. The summed E-state index contributed by atoms with van der Waals surface area (Å²) >= 11 is 1.17. The van der Waals surface area contributed by atoms with Crippen LogP contribution in [0.4, 0.5) is 0 Å². The van der Waals surface area contributed by atoms with E-state index >= 15 is 0 Å². The fourth-order valence-electron chi connectivity index (χ4n) is 0.904. The van der Waals surface area contributed by atoms with Crippen molar-refractivity contribution in [1.82, 2.24) is 4.31 Å². The molecule has 1 rings (SSSR count). The first kappa shape index (κ1) is 11.6. The van der Waals surface area contributed by atoms with Crippen molar-refractivity contribution in [1.29, 1.82) is 0 Å². The average molecular weight is 235 g/mol. The molecule has 80 valence electrons. The molecule has 0 aliphatic heterocycles. The lowest BCUT2D eigenvalue weighted by molar-refractivity contribution is 0.214. The predicted molar refractivity (Wildman–Crippen MR) is 55.8 cm³/mol. The van der Waals surface area contributed by atoms with Crippen molar-refractivity contribution in [3.8, 4) is 0 Å². The van der Waals surface area contributed by atoms with Gasteiger partial charge >= 0.3 is 0 Å². The van der Waals surface area contributed by atoms with E-state index in [-0.39, 0.29) is 6.61 Å². The van der Waals surface area contributed by atoms with Gasteiger partial charge in [-0.15, -0.1) is 11.3 Å². The molecule has 0 amide bonds. The monoisotopic (exact) mass is 235 g/mol. The van der Waals surface area contributed by atoms with Gasteiger partial charge in [0.2, 0.25) is 0 Å². The fraction of sp³-hybridized carbons (Fsp3) is 0.500. The number of aliphatic hydroxyl groups excluding tert-OH is 1. The Kier molecular flexibility index (Phi) is 3.65. The van der Waals surface area contributed by atoms with Gasteiger partial charge in [-0.3, -0.25) is 0 Å². The first-order valence-electron chi connectivity index (χ1n) is 4.12. The average Bonchev–Trinajstić information content (AvgIpc) is 2.68. The van der Waals surface area contributed by atoms with Gasteiger partial charge in [0, 0.05) is 13.1 Å². The number of thiophene rings is 1. The lowest BCUT2D eigenvalue weighted by atomic mass is 10.4. The Hall–Kier alpha value is -0.430. The number of nitrogens with zero attached hydrogens (tertiary/aromatic N) is 1. The van der Waals surface area contributed by atoms with E-state index in [0.717, 1.165) is 0 Å². The SMILES string of the molecule is CC(CO)N(C)S(=O)(=O)c1cccs1. The zero-order valence-corrected chi connectivity index (χ0v) is 9.68. The van der Waals surface area contributed by atoms with Gasteiger partial charge in [-0.2, -0.15) is 4.31 Å². The molecular formula is C8H13NO3S2. The summed E-state index contributed by atoms with van der Waals surface area (Å²) in [6.45, 7) is 1.48. The Morgan fingerprint density at radius 3 is 2.71 bits per heavy atom. The zero-order chi connectivity index (χ0) is 10.8. The third-order valence-corrected chi connectivity index (χ3v) is 5.36. The lowest BCUT2D eigenvalue weighted by Crippen LogP contribution is -2.36. The second-order valence-electron chi connectivity index (χ2n) is 2.98. The smallest absolute Gasteiger partial charge is 0.252 e. The van der Waals surface area contributed by atoms with E-state index in [9.17, 15) is 8.42 Å². The molecule has 0 aromatic carbocycles. The van der Waals surface area contributed by atoms with Gasteiger partial charge < -0.3 is 5.11 Å². The Morgan fingerprint density at radius 1 is 1.64 bits per heavy atom. The molecule has 1 atom stereocenters. The van der Waals surface area contributed by atoms with Crippen LogP contribution in [0.2, 0.25) is 0 Å². The van der Waals surface area contributed by atoms with Crippen molar-refractivity contribution >= 4 is 21.4 Å². The van der Waals surface area contributed by atoms with Gasteiger partial charge in [-0.25, -0.2) is 8.42 Å². The third-order valence-electron chi connectivity index (χ3n) is 2.01. The van der Waals surface area contributed by atoms with Gasteiger partial charge in [0.25, 0.3) is 10.0 Å². The van der Waals surface area contributed by atoms with E-state index < -0.39 is 16.1 Å². The highest BCUT2D eigenvalue weighted by atomic mass is 32.2. The highest BCUT2D eigenvalue weighted by Crippen LogP contribution is 2.20. The molecule has 0 saturated heterocycles. The largest absolute Gasteiger partial charge is 0.395 e. The van der Waals surface area contributed by atoms with Gasteiger partial charge in [0.05, 0.1) is 6.61 Å². The molecule has 0 fully saturated rings. The van der Waals surface area contributed by atoms with Crippen LogP contribution in [-0.2, 0) is 10.0 Å². The molecule has 0 aliphatic carbocycles. The number of rotatable bonds is 4. The highest BCUT2D eigenvalue weighted by Gasteiger charge is 2.25. The van der Waals surface area contributed by atoms with Crippen LogP contribution in [0, 0.1) is 0 Å². The number of sulfonamides is 1. The minimum absolute atomic E-state index is 0.179. The Balaban J connectivity index is 2.97. The van der Waals surface area contributed by atoms with Crippen molar-refractivity contribution in [2.75, 3.05) is 13.7 Å². The number of likely N-dealkylation sites (N-methyl/N-ethyl adjacent to an activating group) is 1. The third kappa shape index (κ3) is 2.14. The minimum atomic E-state index is -3.42. The molecule has 0 aliphatic rings. The van der Waals surface area contributed by atoms with E-state index in [0.29, 0.717) is 4.21 Å². The van der Waals surface area contributed by atoms with Crippen molar-refractivity contribution in [2.24, 2.45) is 0 Å². The maximum atomic E-state index is 11.8. The number of hydrogen-bond donors (Lipinski definition) is 1. The van der Waals surface area contributed by atoms with Gasteiger partial charge in [0.1, 0.15) is 4.21 Å². The Labute approximate surface area is 87.8 Å². The molecular weight excluding hydrogens is 222 g/mol. The van der Waals surface area contributed by atoms with Crippen molar-refractivity contribution in [3.63, 3.8) is 0 Å². The van der Waals surface area contributed by atoms with Crippen LogP contribution < -0.4 is 0 Å². The normalized spacial score (nSPS) is 14.6. The van der Waals surface area contributed by atoms with Crippen LogP contribution >= 0.6 is 11.3 Å². The molecule has 0 spiro atoms. The second-order valence-corrected chi connectivity index (χ2v) is 6.16. The Morgan fingerprint density at radius 2 is 2.29 bits per heavy atom. The molecule has 6 heteroatoms. The molecule has 1 unspecified atom stereocenters. The number of hydrogen-bond acceptors (Lipinski definition) is 4. The standard InChI is InChI=1S/C8H13NO3S2/c1-7(6-10)9(2)14(11,12)8-4-3-5-13-8/h3-5,7,10H,6H2,1-2H3. The molecule has 0 saturated carbocycles. The van der Waals surface area contributed by atoms with Crippen molar-refractivity contribution < 1.29 is 13.5 Å². The summed E-state index contributed by atoms with van der Waals surface area (Å²) in [4.78, 5) is 0. The van der Waals surface area contributed by atoms with Crippen LogP contribution in [0.25, 0.3) is 0 Å². The van der Waals surface area contributed by atoms with Crippen LogP contribution in [0.5, 0.6) is 0 Å². The van der Waals surface area contributed by atoms with E-state index in [1.807, 2.05) is 0 Å². The molecule has 14 heavy (non-hydrogen) atoms. The quantitative estimate of drug-likeness (QED) is 0.838. The maximum Gasteiger partial charge on any atom is 0.252 e. The summed E-state index contributed by atoms with van der Waals surface area (Å²) in [6, 6.07) is 2.84. The summed E-state index contributed by atoms with van der Waals surface area (Å²) in [5.41, 5.74) is 0. The summed E-state index contributed by atoms with van der Waals surface area (Å²) in [7, 11) is -1.95. The summed E-state index contributed by atoms with van der Waals surface area (Å²) in [5, 5.41) is 10.6. The van der Waals surface area contributed by atoms with E-state index in [1.165, 1.54) is 22.7 Å². The molecule has 1 N–H and O–H groups in total. The predicted octanol–water partition coefficient (Wildman–Crippen LogP) is 0.749. The molecule has 1 aromatic rings. The maximum absolute atomic E-state index is 11.8. The van der Waals surface area contributed by atoms with Crippen molar-refractivity contribution in [2.45, 2.75) is 17.2 Å². The Bertz CT molecular complexity index is 371. The topological polar surface area (TPSA) is 57.6 Å². The number of aliphatic hydroxyl groups is 1. The zero-order valence-electron chi connectivity index (χ0n) is 8.04. The molecule has 0 bridgehead atoms. The summed E-state index contributed by atoms with van der Waals surface area (Å²) in [6.07, 6.45) is 0. The highest BCUT2D eigenvalue weighted by molar-refractivity contribution is 7.91. The first-order chi connectivity index (χ1) is 6.50. The van der Waals surface area contributed by atoms with E-state index in [1.54, 1.807) is 24.4 Å². The lowest BCUT2D eigenvalue weighted by Gasteiger charge is -2.21. The summed E-state index contributed by atoms with van der Waals surface area (Å²) in [5.74, 6) is 0. The van der Waals surface area contributed by atoms with Crippen LogP contribution in [0.3, 0.4) is 0 Å². The fourth-order valence-corrected chi connectivity index (χ4v) is 3.43. The van der Waals surface area contributed by atoms with Crippen LogP contribution in [0.1, 0.15) is 6.92 Å².